The van der Waals surface area contributed by atoms with Gasteiger partial charge in [0.1, 0.15) is 12.4 Å². The summed E-state index contributed by atoms with van der Waals surface area (Å²) in [6.07, 6.45) is 1.09. The molecule has 0 aliphatic carbocycles. The number of benzene rings is 2. The molecule has 0 aliphatic heterocycles. The first kappa shape index (κ1) is 15.1. The van der Waals surface area contributed by atoms with Gasteiger partial charge in [0.25, 0.3) is 0 Å². The van der Waals surface area contributed by atoms with Crippen molar-refractivity contribution in [3.05, 3.63) is 64.1 Å². The molecule has 0 aliphatic rings. The molecular formula is C17H20BrNO. The van der Waals surface area contributed by atoms with Gasteiger partial charge in [-0.2, -0.15) is 0 Å². The van der Waals surface area contributed by atoms with Crippen molar-refractivity contribution in [3.8, 4) is 5.75 Å². The van der Waals surface area contributed by atoms with E-state index in [1.54, 1.807) is 0 Å². The van der Waals surface area contributed by atoms with Gasteiger partial charge in [-0.1, -0.05) is 47.1 Å². The van der Waals surface area contributed by atoms with E-state index in [1.165, 1.54) is 11.1 Å². The monoisotopic (exact) mass is 333 g/mol. The summed E-state index contributed by atoms with van der Waals surface area (Å²) in [5, 5.41) is 3.39. The lowest BCUT2D eigenvalue weighted by Gasteiger charge is -2.08. The predicted molar refractivity (Wildman–Crippen MR) is 87.2 cm³/mol. The quantitative estimate of drug-likeness (QED) is 0.767. The summed E-state index contributed by atoms with van der Waals surface area (Å²) >= 11 is 3.41. The fraction of sp³-hybridized carbons (Fsp3) is 0.294. The van der Waals surface area contributed by atoms with Crippen LogP contribution in [0.25, 0.3) is 0 Å². The second-order valence-electron chi connectivity index (χ2n) is 4.65. The van der Waals surface area contributed by atoms with Crippen molar-refractivity contribution in [2.24, 2.45) is 0 Å². The zero-order valence-corrected chi connectivity index (χ0v) is 13.3. The Morgan fingerprint density at radius 1 is 0.950 bits per heavy atom. The zero-order valence-electron chi connectivity index (χ0n) is 11.7. The van der Waals surface area contributed by atoms with E-state index in [0.29, 0.717) is 6.61 Å². The van der Waals surface area contributed by atoms with Gasteiger partial charge < -0.3 is 10.1 Å². The molecule has 2 rings (SSSR count). The molecule has 0 aromatic heterocycles. The van der Waals surface area contributed by atoms with E-state index < -0.39 is 0 Å². The average molecular weight is 334 g/mol. The summed E-state index contributed by atoms with van der Waals surface area (Å²) in [6.45, 7) is 4.57. The molecule has 2 aromatic carbocycles. The number of nitrogens with one attached hydrogen (secondary N) is 1. The van der Waals surface area contributed by atoms with Crippen LogP contribution in [0.1, 0.15) is 18.1 Å². The van der Waals surface area contributed by atoms with Gasteiger partial charge in [-0.25, -0.2) is 0 Å². The standard InChI is InChI=1S/C17H20BrNO/c1-2-14-3-5-15(6-4-14)13-19-11-12-20-17-9-7-16(18)8-10-17/h3-10,19H,2,11-13H2,1H3. The first-order valence-electron chi connectivity index (χ1n) is 6.95. The molecule has 20 heavy (non-hydrogen) atoms. The number of rotatable bonds is 7. The van der Waals surface area contributed by atoms with Crippen molar-refractivity contribution in [1.82, 2.24) is 5.32 Å². The lowest BCUT2D eigenvalue weighted by molar-refractivity contribution is 0.313. The Morgan fingerprint density at radius 2 is 1.60 bits per heavy atom. The van der Waals surface area contributed by atoms with Crippen LogP contribution >= 0.6 is 15.9 Å². The highest BCUT2D eigenvalue weighted by Gasteiger charge is 1.95. The molecule has 0 spiro atoms. The molecule has 2 aromatic rings. The van der Waals surface area contributed by atoms with Gasteiger partial charge in [-0.3, -0.25) is 0 Å². The van der Waals surface area contributed by atoms with Gasteiger partial charge in [-0.15, -0.1) is 0 Å². The highest BCUT2D eigenvalue weighted by Crippen LogP contribution is 2.15. The van der Waals surface area contributed by atoms with E-state index in [1.807, 2.05) is 24.3 Å². The number of halogens is 1. The molecule has 0 atom stereocenters. The minimum atomic E-state index is 0.675. The fourth-order valence-electron chi connectivity index (χ4n) is 1.90. The average Bonchev–Trinajstić information content (AvgIpc) is 2.49. The molecule has 0 bridgehead atoms. The van der Waals surface area contributed by atoms with E-state index in [9.17, 15) is 0 Å². The van der Waals surface area contributed by atoms with Crippen LogP contribution in [0, 0.1) is 0 Å². The molecule has 0 fully saturated rings. The smallest absolute Gasteiger partial charge is 0.119 e. The molecule has 0 saturated heterocycles. The Labute approximate surface area is 129 Å². The Hall–Kier alpha value is -1.32. The van der Waals surface area contributed by atoms with Crippen molar-refractivity contribution in [2.45, 2.75) is 19.9 Å². The van der Waals surface area contributed by atoms with Crippen molar-refractivity contribution >= 4 is 15.9 Å². The van der Waals surface area contributed by atoms with E-state index in [2.05, 4.69) is 52.4 Å². The maximum Gasteiger partial charge on any atom is 0.119 e. The molecule has 1 N–H and O–H groups in total. The van der Waals surface area contributed by atoms with Crippen LogP contribution in [-0.2, 0) is 13.0 Å². The first-order chi connectivity index (χ1) is 9.78. The largest absolute Gasteiger partial charge is 0.492 e. The lowest BCUT2D eigenvalue weighted by Crippen LogP contribution is -2.20. The number of ether oxygens (including phenoxy) is 1. The minimum Gasteiger partial charge on any atom is -0.492 e. The topological polar surface area (TPSA) is 21.3 Å². The van der Waals surface area contributed by atoms with Crippen LogP contribution in [0.4, 0.5) is 0 Å². The molecule has 0 radical (unpaired) electrons. The summed E-state index contributed by atoms with van der Waals surface area (Å²) < 4.78 is 6.72. The number of aryl methyl sites for hydroxylation is 1. The summed E-state index contributed by atoms with van der Waals surface area (Å²) in [7, 11) is 0. The van der Waals surface area contributed by atoms with Gasteiger partial charge in [0.2, 0.25) is 0 Å². The first-order valence-corrected chi connectivity index (χ1v) is 7.74. The Balaban J connectivity index is 1.64. The SMILES string of the molecule is CCc1ccc(CNCCOc2ccc(Br)cc2)cc1. The number of hydrogen-bond acceptors (Lipinski definition) is 2. The third-order valence-corrected chi connectivity index (χ3v) is 3.65. The molecule has 3 heteroatoms. The van der Waals surface area contributed by atoms with Crippen molar-refractivity contribution in [3.63, 3.8) is 0 Å². The van der Waals surface area contributed by atoms with Crippen molar-refractivity contribution in [1.29, 1.82) is 0 Å². The maximum atomic E-state index is 5.65. The van der Waals surface area contributed by atoms with Gasteiger partial charge >= 0.3 is 0 Å². The molecule has 0 saturated carbocycles. The molecule has 0 heterocycles. The van der Waals surface area contributed by atoms with Gasteiger partial charge in [0.05, 0.1) is 0 Å². The molecule has 2 nitrogen and oxygen atoms in total. The molecule has 0 amide bonds. The van der Waals surface area contributed by atoms with Crippen LogP contribution in [0.2, 0.25) is 0 Å². The summed E-state index contributed by atoms with van der Waals surface area (Å²) in [4.78, 5) is 0. The van der Waals surface area contributed by atoms with Gasteiger partial charge in [0, 0.05) is 17.6 Å². The summed E-state index contributed by atoms with van der Waals surface area (Å²) in [6, 6.07) is 16.6. The van der Waals surface area contributed by atoms with Gasteiger partial charge in [0.15, 0.2) is 0 Å². The Morgan fingerprint density at radius 3 is 2.25 bits per heavy atom. The molecular weight excluding hydrogens is 314 g/mol. The summed E-state index contributed by atoms with van der Waals surface area (Å²) in [5.74, 6) is 0.905. The van der Waals surface area contributed by atoms with Crippen molar-refractivity contribution in [2.75, 3.05) is 13.2 Å². The predicted octanol–water partition coefficient (Wildman–Crippen LogP) is 4.18. The zero-order chi connectivity index (χ0) is 14.2. The van der Waals surface area contributed by atoms with E-state index >= 15 is 0 Å². The fourth-order valence-corrected chi connectivity index (χ4v) is 2.16. The Bertz CT molecular complexity index is 508. The second kappa shape index (κ2) is 8.08. The normalized spacial score (nSPS) is 10.5. The highest BCUT2D eigenvalue weighted by molar-refractivity contribution is 9.10. The third kappa shape index (κ3) is 4.99. The van der Waals surface area contributed by atoms with E-state index in [0.717, 1.165) is 29.7 Å². The third-order valence-electron chi connectivity index (χ3n) is 3.12. The van der Waals surface area contributed by atoms with Crippen LogP contribution in [0.3, 0.4) is 0 Å². The van der Waals surface area contributed by atoms with E-state index in [4.69, 9.17) is 4.74 Å². The van der Waals surface area contributed by atoms with Crippen LogP contribution in [-0.4, -0.2) is 13.2 Å². The van der Waals surface area contributed by atoms with Gasteiger partial charge in [-0.05, 0) is 41.8 Å². The molecule has 0 unspecified atom stereocenters. The lowest BCUT2D eigenvalue weighted by atomic mass is 10.1. The van der Waals surface area contributed by atoms with E-state index in [-0.39, 0.29) is 0 Å². The van der Waals surface area contributed by atoms with Crippen LogP contribution in [0.5, 0.6) is 5.75 Å². The van der Waals surface area contributed by atoms with Crippen LogP contribution < -0.4 is 10.1 Å². The Kier molecular flexibility index (Phi) is 6.09. The summed E-state index contributed by atoms with van der Waals surface area (Å²) in [5.41, 5.74) is 2.69. The maximum absolute atomic E-state index is 5.65. The number of hydrogen-bond donors (Lipinski definition) is 1. The molecule has 106 valence electrons. The highest BCUT2D eigenvalue weighted by atomic mass is 79.9. The second-order valence-corrected chi connectivity index (χ2v) is 5.56. The van der Waals surface area contributed by atoms with Crippen LogP contribution in [0.15, 0.2) is 53.0 Å². The minimum absolute atomic E-state index is 0.675. The van der Waals surface area contributed by atoms with Crippen molar-refractivity contribution < 1.29 is 4.74 Å².